The fourth-order valence-electron chi connectivity index (χ4n) is 2.13. The zero-order chi connectivity index (χ0) is 16.8. The summed E-state index contributed by atoms with van der Waals surface area (Å²) in [6, 6.07) is 9.03. The van der Waals surface area contributed by atoms with Gasteiger partial charge in [0.15, 0.2) is 0 Å². The Morgan fingerprint density at radius 1 is 1.39 bits per heavy atom. The maximum Gasteiger partial charge on any atom is 0.319 e. The first kappa shape index (κ1) is 16.6. The Morgan fingerprint density at radius 2 is 2.09 bits per heavy atom. The molecule has 0 aliphatic carbocycles. The molecule has 0 spiro atoms. The van der Waals surface area contributed by atoms with Crippen LogP contribution in [-0.2, 0) is 17.8 Å². The van der Waals surface area contributed by atoms with Crippen molar-refractivity contribution in [3.05, 3.63) is 53.6 Å². The van der Waals surface area contributed by atoms with Gasteiger partial charge in [-0.1, -0.05) is 12.1 Å². The Balaban J connectivity index is 1.89. The van der Waals surface area contributed by atoms with E-state index in [0.29, 0.717) is 12.0 Å². The van der Waals surface area contributed by atoms with Crippen LogP contribution in [0.15, 0.2) is 36.7 Å². The number of carbonyl (C=O) groups excluding carboxylic acids is 1. The van der Waals surface area contributed by atoms with Crippen LogP contribution in [0.1, 0.15) is 29.9 Å². The summed E-state index contributed by atoms with van der Waals surface area (Å²) in [5.41, 5.74) is 1.51. The van der Waals surface area contributed by atoms with E-state index >= 15 is 0 Å². The first-order valence-electron chi connectivity index (χ1n) is 7.04. The summed E-state index contributed by atoms with van der Waals surface area (Å²) in [7, 11) is 1.56. The molecule has 0 aliphatic rings. The average Bonchev–Trinajstić information content (AvgIpc) is 3.01. The lowest BCUT2D eigenvalue weighted by Gasteiger charge is -2.17. The number of hydrogen-bond acceptors (Lipinski definition) is 3. The summed E-state index contributed by atoms with van der Waals surface area (Å²) in [6.07, 6.45) is 3.27. The monoisotopic (exact) mass is 318 g/mol. The molecule has 120 valence electrons. The molecule has 1 aromatic carbocycles. The predicted molar refractivity (Wildman–Crippen MR) is 79.4 cm³/mol. The summed E-state index contributed by atoms with van der Waals surface area (Å²) in [5, 5.41) is 8.73. The largest absolute Gasteiger partial charge is 0.338 e. The van der Waals surface area contributed by atoms with Gasteiger partial charge < -0.3 is 4.90 Å². The Bertz CT molecular complexity index is 704. The first-order chi connectivity index (χ1) is 11.0. The van der Waals surface area contributed by atoms with Crippen molar-refractivity contribution in [2.24, 2.45) is 0 Å². The van der Waals surface area contributed by atoms with Crippen molar-refractivity contribution in [2.45, 2.75) is 25.9 Å². The number of aryl methyl sites for hydroxylation is 1. The van der Waals surface area contributed by atoms with Crippen LogP contribution in [0.5, 0.6) is 0 Å². The van der Waals surface area contributed by atoms with E-state index in [1.807, 2.05) is 6.07 Å². The zero-order valence-corrected chi connectivity index (χ0v) is 12.6. The molecule has 0 atom stereocenters. The van der Waals surface area contributed by atoms with Crippen LogP contribution in [-0.4, -0.2) is 27.4 Å². The zero-order valence-electron chi connectivity index (χ0n) is 12.6. The van der Waals surface area contributed by atoms with Crippen molar-refractivity contribution in [2.75, 3.05) is 7.05 Å². The van der Waals surface area contributed by atoms with E-state index in [1.165, 1.54) is 17.3 Å². The van der Waals surface area contributed by atoms with Gasteiger partial charge in [-0.2, -0.15) is 14.0 Å². The molecule has 0 bridgehead atoms. The molecular weight excluding hydrogens is 302 g/mol. The molecule has 7 heteroatoms. The Labute approximate surface area is 132 Å². The molecule has 0 radical (unpaired) electrons. The molecule has 0 N–H and O–H groups in total. The average molecular weight is 318 g/mol. The van der Waals surface area contributed by atoms with Crippen LogP contribution in [0, 0.1) is 11.3 Å². The second kappa shape index (κ2) is 7.49. The van der Waals surface area contributed by atoms with Crippen molar-refractivity contribution in [1.82, 2.24) is 14.5 Å². The minimum Gasteiger partial charge on any atom is -0.338 e. The van der Waals surface area contributed by atoms with Crippen molar-refractivity contribution in [3.63, 3.8) is 0 Å². The third-order valence-electron chi connectivity index (χ3n) is 3.47. The molecule has 1 aromatic heterocycles. The highest BCUT2D eigenvalue weighted by molar-refractivity contribution is 5.76. The molecule has 1 heterocycles. The molecule has 0 saturated carbocycles. The van der Waals surface area contributed by atoms with Crippen LogP contribution in [0.2, 0.25) is 0 Å². The van der Waals surface area contributed by atoms with Gasteiger partial charge >= 0.3 is 6.55 Å². The third-order valence-corrected chi connectivity index (χ3v) is 3.47. The summed E-state index contributed by atoms with van der Waals surface area (Å²) in [6.45, 7) is -2.64. The van der Waals surface area contributed by atoms with Crippen LogP contribution in [0.3, 0.4) is 0 Å². The second-order valence-corrected chi connectivity index (χ2v) is 5.09. The molecule has 0 fully saturated rings. The number of halogens is 2. The van der Waals surface area contributed by atoms with E-state index in [2.05, 4.69) is 4.98 Å². The SMILES string of the molecule is CN(Cc1nccn1C(F)F)C(=O)CCc1ccc(C#N)cc1. The Hall–Kier alpha value is -2.75. The molecule has 0 unspecified atom stereocenters. The summed E-state index contributed by atoms with van der Waals surface area (Å²) >= 11 is 0. The van der Waals surface area contributed by atoms with Crippen molar-refractivity contribution in [1.29, 1.82) is 5.26 Å². The number of alkyl halides is 2. The number of nitrogens with zero attached hydrogens (tertiary/aromatic N) is 4. The van der Waals surface area contributed by atoms with E-state index < -0.39 is 6.55 Å². The normalized spacial score (nSPS) is 10.6. The predicted octanol–water partition coefficient (Wildman–Crippen LogP) is 2.74. The van der Waals surface area contributed by atoms with Gasteiger partial charge in [0.1, 0.15) is 5.82 Å². The lowest BCUT2D eigenvalue weighted by molar-refractivity contribution is -0.130. The number of benzene rings is 1. The number of hydrogen-bond donors (Lipinski definition) is 0. The lowest BCUT2D eigenvalue weighted by Crippen LogP contribution is -2.28. The topological polar surface area (TPSA) is 61.9 Å². The maximum absolute atomic E-state index is 12.7. The molecule has 2 rings (SSSR count). The second-order valence-electron chi connectivity index (χ2n) is 5.09. The molecule has 2 aromatic rings. The fraction of sp³-hybridized carbons (Fsp3) is 0.312. The minimum absolute atomic E-state index is 0.0313. The van der Waals surface area contributed by atoms with Gasteiger partial charge in [-0.25, -0.2) is 4.98 Å². The fourth-order valence-corrected chi connectivity index (χ4v) is 2.13. The van der Waals surface area contributed by atoms with E-state index in [0.717, 1.165) is 10.1 Å². The first-order valence-corrected chi connectivity index (χ1v) is 7.04. The molecule has 1 amide bonds. The summed E-state index contributed by atoms with van der Waals surface area (Å²) < 4.78 is 26.2. The van der Waals surface area contributed by atoms with Crippen molar-refractivity contribution >= 4 is 5.91 Å². The minimum atomic E-state index is -2.67. The van der Waals surface area contributed by atoms with Gasteiger partial charge in [-0.3, -0.25) is 9.36 Å². The van der Waals surface area contributed by atoms with Gasteiger partial charge in [-0.05, 0) is 24.1 Å². The van der Waals surface area contributed by atoms with E-state index in [1.54, 1.807) is 31.3 Å². The standard InChI is InChI=1S/C16H16F2N4O/c1-21(11-14-20-8-9-22(14)16(17)18)15(23)7-6-12-2-4-13(10-19)5-3-12/h2-5,8-9,16H,6-7,11H2,1H3. The number of amides is 1. The smallest absolute Gasteiger partial charge is 0.319 e. The van der Waals surface area contributed by atoms with Crippen molar-refractivity contribution in [3.8, 4) is 6.07 Å². The number of rotatable bonds is 6. The highest BCUT2D eigenvalue weighted by Crippen LogP contribution is 2.14. The number of aromatic nitrogens is 2. The van der Waals surface area contributed by atoms with E-state index in [4.69, 9.17) is 5.26 Å². The summed E-state index contributed by atoms with van der Waals surface area (Å²) in [5.74, 6) is -0.00704. The quantitative estimate of drug-likeness (QED) is 0.823. The van der Waals surface area contributed by atoms with Crippen LogP contribution in [0.25, 0.3) is 0 Å². The van der Waals surface area contributed by atoms with Crippen LogP contribution < -0.4 is 0 Å². The molecule has 0 aliphatic heterocycles. The number of nitriles is 1. The van der Waals surface area contributed by atoms with Gasteiger partial charge in [-0.15, -0.1) is 0 Å². The highest BCUT2D eigenvalue weighted by Gasteiger charge is 2.16. The Kier molecular flexibility index (Phi) is 5.41. The Morgan fingerprint density at radius 3 is 2.70 bits per heavy atom. The number of carbonyl (C=O) groups is 1. The van der Waals surface area contributed by atoms with Gasteiger partial charge in [0.25, 0.3) is 0 Å². The van der Waals surface area contributed by atoms with Gasteiger partial charge in [0, 0.05) is 25.9 Å². The molecular formula is C16H16F2N4O. The van der Waals surface area contributed by atoms with Crippen LogP contribution in [0.4, 0.5) is 8.78 Å². The van der Waals surface area contributed by atoms with Gasteiger partial charge in [0.05, 0.1) is 18.2 Å². The lowest BCUT2D eigenvalue weighted by atomic mass is 10.1. The summed E-state index contributed by atoms with van der Waals surface area (Å²) in [4.78, 5) is 17.3. The van der Waals surface area contributed by atoms with Crippen LogP contribution >= 0.6 is 0 Å². The molecule has 5 nitrogen and oxygen atoms in total. The maximum atomic E-state index is 12.7. The molecule has 23 heavy (non-hydrogen) atoms. The molecule has 0 saturated heterocycles. The number of imidazole rings is 1. The van der Waals surface area contributed by atoms with Crippen molar-refractivity contribution < 1.29 is 13.6 Å². The van der Waals surface area contributed by atoms with Gasteiger partial charge in [0.2, 0.25) is 5.91 Å². The van der Waals surface area contributed by atoms with E-state index in [9.17, 15) is 13.6 Å². The third kappa shape index (κ3) is 4.36. The highest BCUT2D eigenvalue weighted by atomic mass is 19.3. The van der Waals surface area contributed by atoms with E-state index in [-0.39, 0.29) is 24.7 Å².